The summed E-state index contributed by atoms with van der Waals surface area (Å²) in [5, 5.41) is 2.23. The van der Waals surface area contributed by atoms with Gasteiger partial charge in [-0.15, -0.1) is 0 Å². The lowest BCUT2D eigenvalue weighted by Gasteiger charge is -2.23. The summed E-state index contributed by atoms with van der Waals surface area (Å²) < 4.78 is 37.8. The van der Waals surface area contributed by atoms with E-state index >= 15 is 0 Å². The molecule has 3 aliphatic rings. The highest BCUT2D eigenvalue weighted by atomic mass is 19.4. The summed E-state index contributed by atoms with van der Waals surface area (Å²) >= 11 is 0. The summed E-state index contributed by atoms with van der Waals surface area (Å²) in [5.41, 5.74) is -1.88. The number of hydrogen-bond donors (Lipinski definition) is 1. The molecule has 0 aliphatic heterocycles. The smallest absolute Gasteiger partial charge is 0.342 e. The van der Waals surface area contributed by atoms with Crippen molar-refractivity contribution in [2.24, 2.45) is 17.8 Å². The van der Waals surface area contributed by atoms with Crippen molar-refractivity contribution >= 4 is 5.91 Å². The van der Waals surface area contributed by atoms with Crippen molar-refractivity contribution in [2.45, 2.75) is 43.8 Å². The molecule has 5 heteroatoms. The largest absolute Gasteiger partial charge is 0.411 e. The molecule has 0 radical (unpaired) electrons. The fourth-order valence-corrected chi connectivity index (χ4v) is 2.87. The van der Waals surface area contributed by atoms with Crippen LogP contribution < -0.4 is 5.32 Å². The molecular formula is C11H14F3NO. The van der Waals surface area contributed by atoms with Crippen LogP contribution >= 0.6 is 0 Å². The zero-order valence-electron chi connectivity index (χ0n) is 8.81. The predicted molar refractivity (Wildman–Crippen MR) is 50.5 cm³/mol. The molecule has 0 bridgehead atoms. The van der Waals surface area contributed by atoms with E-state index in [1.54, 1.807) is 0 Å². The van der Waals surface area contributed by atoms with Gasteiger partial charge < -0.3 is 5.32 Å². The number of amides is 1. The molecule has 0 aromatic rings. The minimum atomic E-state index is -4.29. The fourth-order valence-electron chi connectivity index (χ4n) is 2.87. The van der Waals surface area contributed by atoms with Crippen LogP contribution in [0.5, 0.6) is 0 Å². The number of hydrogen-bond acceptors (Lipinski definition) is 1. The third kappa shape index (κ3) is 1.52. The number of carbonyl (C=O) groups is 1. The van der Waals surface area contributed by atoms with Gasteiger partial charge in [-0.3, -0.25) is 4.79 Å². The van der Waals surface area contributed by atoms with Gasteiger partial charge in [-0.2, -0.15) is 13.2 Å². The minimum Gasteiger partial charge on any atom is -0.342 e. The molecule has 0 spiro atoms. The van der Waals surface area contributed by atoms with E-state index < -0.39 is 11.7 Å². The maximum atomic E-state index is 12.6. The van der Waals surface area contributed by atoms with E-state index in [9.17, 15) is 18.0 Å². The first kappa shape index (κ1) is 10.4. The van der Waals surface area contributed by atoms with Crippen LogP contribution in [-0.2, 0) is 4.79 Å². The van der Waals surface area contributed by atoms with Crippen molar-refractivity contribution in [2.75, 3.05) is 0 Å². The predicted octanol–water partition coefficient (Wildman–Crippen LogP) is 2.24. The van der Waals surface area contributed by atoms with Gasteiger partial charge in [-0.25, -0.2) is 0 Å². The van der Waals surface area contributed by atoms with Crippen molar-refractivity contribution < 1.29 is 18.0 Å². The molecule has 3 saturated carbocycles. The Labute approximate surface area is 91.6 Å². The SMILES string of the molecule is O=C(NC1(C(F)(F)F)CC1)C1CC2CC2C1. The second-order valence-electron chi connectivity index (χ2n) is 5.49. The van der Waals surface area contributed by atoms with E-state index in [-0.39, 0.29) is 24.7 Å². The first-order valence-corrected chi connectivity index (χ1v) is 5.80. The first-order chi connectivity index (χ1) is 7.41. The molecule has 0 aromatic carbocycles. The van der Waals surface area contributed by atoms with E-state index in [4.69, 9.17) is 0 Å². The second-order valence-corrected chi connectivity index (χ2v) is 5.49. The van der Waals surface area contributed by atoms with Crippen LogP contribution in [0.1, 0.15) is 32.1 Å². The van der Waals surface area contributed by atoms with Gasteiger partial charge >= 0.3 is 6.18 Å². The highest BCUT2D eigenvalue weighted by Crippen LogP contribution is 2.55. The number of nitrogens with one attached hydrogen (secondary N) is 1. The monoisotopic (exact) mass is 233 g/mol. The molecule has 0 aromatic heterocycles. The molecule has 1 amide bonds. The zero-order chi connectivity index (χ0) is 11.6. The molecule has 2 unspecified atom stereocenters. The zero-order valence-corrected chi connectivity index (χ0v) is 8.81. The summed E-state index contributed by atoms with van der Waals surface area (Å²) in [6, 6.07) is 0. The van der Waals surface area contributed by atoms with E-state index in [2.05, 4.69) is 5.32 Å². The highest BCUT2D eigenvalue weighted by Gasteiger charge is 2.65. The van der Waals surface area contributed by atoms with Crippen LogP contribution in [0.3, 0.4) is 0 Å². The topological polar surface area (TPSA) is 29.1 Å². The minimum absolute atomic E-state index is 0.0435. The normalized spacial score (nSPS) is 39.1. The molecule has 0 saturated heterocycles. The van der Waals surface area contributed by atoms with Gasteiger partial charge in [-0.1, -0.05) is 0 Å². The first-order valence-electron chi connectivity index (χ1n) is 5.80. The highest BCUT2D eigenvalue weighted by molar-refractivity contribution is 5.80. The van der Waals surface area contributed by atoms with E-state index in [0.717, 1.165) is 12.8 Å². The Kier molecular flexibility index (Phi) is 1.91. The number of rotatable bonds is 2. The van der Waals surface area contributed by atoms with Gasteiger partial charge in [0.2, 0.25) is 5.91 Å². The average Bonchev–Trinajstić information content (AvgIpc) is 3.06. The van der Waals surface area contributed by atoms with E-state index in [1.165, 1.54) is 6.42 Å². The van der Waals surface area contributed by atoms with E-state index in [0.29, 0.717) is 11.8 Å². The quantitative estimate of drug-likeness (QED) is 0.778. The van der Waals surface area contributed by atoms with Crippen molar-refractivity contribution in [1.82, 2.24) is 5.32 Å². The summed E-state index contributed by atoms with van der Waals surface area (Å²) in [4.78, 5) is 11.7. The number of alkyl halides is 3. The van der Waals surface area contributed by atoms with Gasteiger partial charge in [-0.05, 0) is 43.9 Å². The maximum Gasteiger partial charge on any atom is 0.411 e. The third-order valence-corrected chi connectivity index (χ3v) is 4.27. The van der Waals surface area contributed by atoms with Crippen molar-refractivity contribution in [3.8, 4) is 0 Å². The van der Waals surface area contributed by atoms with Crippen molar-refractivity contribution in [3.05, 3.63) is 0 Å². The summed E-state index contributed by atoms with van der Waals surface area (Å²) in [5.74, 6) is 0.708. The molecule has 2 atom stereocenters. The molecule has 90 valence electrons. The molecule has 3 rings (SSSR count). The summed E-state index contributed by atoms with van der Waals surface area (Å²) in [6.45, 7) is 0. The van der Waals surface area contributed by atoms with Crippen LogP contribution in [0.15, 0.2) is 0 Å². The summed E-state index contributed by atoms with van der Waals surface area (Å²) in [6.07, 6.45) is -1.43. The number of carbonyl (C=O) groups excluding carboxylic acids is 1. The molecule has 3 aliphatic carbocycles. The van der Waals surface area contributed by atoms with Crippen LogP contribution in [0, 0.1) is 17.8 Å². The van der Waals surface area contributed by atoms with Crippen LogP contribution in [0.25, 0.3) is 0 Å². The van der Waals surface area contributed by atoms with Gasteiger partial charge in [0, 0.05) is 5.92 Å². The van der Waals surface area contributed by atoms with Gasteiger partial charge in [0.1, 0.15) is 5.54 Å². The lowest BCUT2D eigenvalue weighted by atomic mass is 10.0. The maximum absolute atomic E-state index is 12.6. The molecular weight excluding hydrogens is 219 g/mol. The molecule has 2 nitrogen and oxygen atoms in total. The van der Waals surface area contributed by atoms with Crippen molar-refractivity contribution in [3.63, 3.8) is 0 Å². The van der Waals surface area contributed by atoms with Crippen LogP contribution in [0.4, 0.5) is 13.2 Å². The van der Waals surface area contributed by atoms with Gasteiger partial charge in [0.05, 0.1) is 0 Å². The van der Waals surface area contributed by atoms with Crippen molar-refractivity contribution in [1.29, 1.82) is 0 Å². The lowest BCUT2D eigenvalue weighted by Crippen LogP contribution is -2.49. The Morgan fingerprint density at radius 1 is 1.12 bits per heavy atom. The standard InChI is InChI=1S/C11H14F3NO/c12-11(13,14)10(1-2-10)15-9(16)8-4-6-3-7(6)5-8/h6-8H,1-5H2,(H,15,16). The van der Waals surface area contributed by atoms with Crippen LogP contribution in [-0.4, -0.2) is 17.6 Å². The summed E-state index contributed by atoms with van der Waals surface area (Å²) in [7, 11) is 0. The molecule has 16 heavy (non-hydrogen) atoms. The second kappa shape index (κ2) is 2.93. The number of fused-ring (bicyclic) bond motifs is 1. The van der Waals surface area contributed by atoms with Gasteiger partial charge in [0.25, 0.3) is 0 Å². The Morgan fingerprint density at radius 2 is 1.69 bits per heavy atom. The molecule has 1 N–H and O–H groups in total. The fraction of sp³-hybridized carbons (Fsp3) is 0.909. The van der Waals surface area contributed by atoms with Gasteiger partial charge in [0.15, 0.2) is 0 Å². The Morgan fingerprint density at radius 3 is 2.12 bits per heavy atom. The van der Waals surface area contributed by atoms with Crippen LogP contribution in [0.2, 0.25) is 0 Å². The lowest BCUT2D eigenvalue weighted by molar-refractivity contribution is -0.171. The average molecular weight is 233 g/mol. The van der Waals surface area contributed by atoms with E-state index in [1.807, 2.05) is 0 Å². The third-order valence-electron chi connectivity index (χ3n) is 4.27. The Balaban J connectivity index is 1.60. The molecule has 0 heterocycles. The Bertz CT molecular complexity index is 325. The Hall–Kier alpha value is -0.740. The number of halogens is 3. The molecule has 3 fully saturated rings.